The van der Waals surface area contributed by atoms with Crippen LogP contribution in [0.3, 0.4) is 0 Å². The lowest BCUT2D eigenvalue weighted by molar-refractivity contribution is 0.0629. The van der Waals surface area contributed by atoms with E-state index in [1.54, 1.807) is 33.7 Å². The molecule has 7 nitrogen and oxygen atoms in total. The number of amides is 1. The number of aliphatic hydroxyl groups is 1. The molecule has 8 heteroatoms. The summed E-state index contributed by atoms with van der Waals surface area (Å²) in [5, 5.41) is 10.6. The number of rotatable bonds is 5. The van der Waals surface area contributed by atoms with E-state index in [1.807, 2.05) is 39.0 Å². The lowest BCUT2D eigenvalue weighted by atomic mass is 9.96. The molecular formula is C31H34BrN3O4. The van der Waals surface area contributed by atoms with Crippen molar-refractivity contribution in [3.8, 4) is 5.69 Å². The van der Waals surface area contributed by atoms with Gasteiger partial charge in [0, 0.05) is 33.6 Å². The lowest BCUT2D eigenvalue weighted by Crippen LogP contribution is -2.46. The number of carbonyl (C=O) groups is 2. The highest BCUT2D eigenvalue weighted by Gasteiger charge is 2.35. The minimum atomic E-state index is -0.714. The van der Waals surface area contributed by atoms with Crippen LogP contribution in [-0.4, -0.2) is 42.9 Å². The summed E-state index contributed by atoms with van der Waals surface area (Å²) in [4.78, 5) is 46.2. The van der Waals surface area contributed by atoms with E-state index in [1.165, 1.54) is 6.92 Å². The molecule has 1 aromatic heterocycles. The summed E-state index contributed by atoms with van der Waals surface area (Å²) in [6, 6.07) is 12.4. The molecule has 1 fully saturated rings. The number of Topliss-reactive ketones (excluding diaryl/α,β-unsaturated/α-hetero) is 1. The van der Waals surface area contributed by atoms with Gasteiger partial charge in [0.2, 0.25) is 0 Å². The van der Waals surface area contributed by atoms with E-state index >= 15 is 0 Å². The van der Waals surface area contributed by atoms with Gasteiger partial charge in [-0.3, -0.25) is 19.0 Å². The van der Waals surface area contributed by atoms with Crippen molar-refractivity contribution < 1.29 is 14.7 Å². The predicted octanol–water partition coefficient (Wildman–Crippen LogP) is 5.19. The van der Waals surface area contributed by atoms with Gasteiger partial charge in [0.15, 0.2) is 5.78 Å². The number of aryl methyl sites for hydroxylation is 1. The zero-order valence-electron chi connectivity index (χ0n) is 22.8. The summed E-state index contributed by atoms with van der Waals surface area (Å²) in [5.41, 5.74) is 3.25. The molecule has 0 spiro atoms. The zero-order chi connectivity index (χ0) is 28.1. The number of aromatic nitrogens is 2. The fraction of sp³-hybridized carbons (Fsp3) is 0.419. The average Bonchev–Trinajstić information content (AvgIpc) is 3.23. The summed E-state index contributed by atoms with van der Waals surface area (Å²) >= 11 is 3.50. The van der Waals surface area contributed by atoms with E-state index < -0.39 is 5.60 Å². The standard InChI is InChI=1S/C31H34BrN3O4/c1-18-13-23(7-10-26(18)32)29(37)34-17-27-25(14-19(34)2)30(38)35(24-8-5-22(6-9-24)20(3)36)28(33-27)15-21-11-12-31(4,39)16-21/h5-10,13,19,21,39H,11-12,14-17H2,1-4H3. The summed E-state index contributed by atoms with van der Waals surface area (Å²) in [6.07, 6.45) is 3.17. The number of halogens is 1. The minimum Gasteiger partial charge on any atom is -0.390 e. The molecule has 0 radical (unpaired) electrons. The Morgan fingerprint density at radius 2 is 1.85 bits per heavy atom. The Bertz CT molecular complexity index is 1510. The molecule has 1 amide bonds. The molecular weight excluding hydrogens is 558 g/mol. The smallest absolute Gasteiger partial charge is 0.261 e. The van der Waals surface area contributed by atoms with Crippen LogP contribution >= 0.6 is 15.9 Å². The SMILES string of the molecule is CC(=O)c1ccc(-n2c(CC3CCC(C)(O)C3)nc3c(c2=O)CC(C)N(C(=O)c2ccc(Br)c(C)c2)C3)cc1. The van der Waals surface area contributed by atoms with Crippen molar-refractivity contribution in [3.63, 3.8) is 0 Å². The number of ketones is 1. The summed E-state index contributed by atoms with van der Waals surface area (Å²) in [7, 11) is 0. The van der Waals surface area contributed by atoms with Gasteiger partial charge in [-0.1, -0.05) is 15.9 Å². The molecule has 204 valence electrons. The number of nitrogens with zero attached hydrogens (tertiary/aromatic N) is 3. The average molecular weight is 593 g/mol. The van der Waals surface area contributed by atoms with Gasteiger partial charge in [0.25, 0.3) is 11.5 Å². The van der Waals surface area contributed by atoms with Crippen LogP contribution in [0.25, 0.3) is 5.69 Å². The highest BCUT2D eigenvalue weighted by molar-refractivity contribution is 9.10. The van der Waals surface area contributed by atoms with E-state index in [0.29, 0.717) is 59.6 Å². The molecule has 39 heavy (non-hydrogen) atoms. The van der Waals surface area contributed by atoms with Gasteiger partial charge in [-0.15, -0.1) is 0 Å². The summed E-state index contributed by atoms with van der Waals surface area (Å²) < 4.78 is 2.61. The topological polar surface area (TPSA) is 92.5 Å². The highest BCUT2D eigenvalue weighted by Crippen LogP contribution is 2.36. The number of hydrogen-bond acceptors (Lipinski definition) is 5. The Morgan fingerprint density at radius 3 is 2.46 bits per heavy atom. The van der Waals surface area contributed by atoms with Crippen molar-refractivity contribution in [2.24, 2.45) is 5.92 Å². The fourth-order valence-corrected chi connectivity index (χ4v) is 6.19. The maximum absolute atomic E-state index is 14.0. The Morgan fingerprint density at radius 1 is 1.15 bits per heavy atom. The quantitative estimate of drug-likeness (QED) is 0.412. The fourth-order valence-electron chi connectivity index (χ4n) is 5.95. The van der Waals surface area contributed by atoms with Crippen LogP contribution in [0.4, 0.5) is 0 Å². The first kappa shape index (κ1) is 27.5. The monoisotopic (exact) mass is 591 g/mol. The van der Waals surface area contributed by atoms with E-state index in [0.717, 1.165) is 16.5 Å². The Hall–Kier alpha value is -3.10. The van der Waals surface area contributed by atoms with Gasteiger partial charge in [-0.05, 0) is 107 Å². The van der Waals surface area contributed by atoms with Crippen molar-refractivity contribution >= 4 is 27.6 Å². The molecule has 3 unspecified atom stereocenters. The van der Waals surface area contributed by atoms with Crippen LogP contribution in [0.2, 0.25) is 0 Å². The van der Waals surface area contributed by atoms with Crippen LogP contribution in [0, 0.1) is 12.8 Å². The second-order valence-corrected chi connectivity index (χ2v) is 12.3. The van der Waals surface area contributed by atoms with Crippen LogP contribution in [0.5, 0.6) is 0 Å². The maximum Gasteiger partial charge on any atom is 0.261 e. The molecule has 3 atom stereocenters. The largest absolute Gasteiger partial charge is 0.390 e. The molecule has 2 aromatic carbocycles. The molecule has 0 saturated heterocycles. The molecule has 1 N–H and O–H groups in total. The van der Waals surface area contributed by atoms with Gasteiger partial charge < -0.3 is 10.0 Å². The normalized spacial score (nSPS) is 22.6. The van der Waals surface area contributed by atoms with Gasteiger partial charge >= 0.3 is 0 Å². The number of benzene rings is 2. The van der Waals surface area contributed by atoms with Crippen molar-refractivity contribution in [1.29, 1.82) is 0 Å². The van der Waals surface area contributed by atoms with E-state index in [4.69, 9.17) is 4.98 Å². The first-order chi connectivity index (χ1) is 18.4. The van der Waals surface area contributed by atoms with E-state index in [-0.39, 0.29) is 35.8 Å². The third-order valence-corrected chi connectivity index (χ3v) is 9.06. The predicted molar refractivity (Wildman–Crippen MR) is 153 cm³/mol. The Balaban J connectivity index is 1.55. The third kappa shape index (κ3) is 5.50. The number of fused-ring (bicyclic) bond motifs is 1. The van der Waals surface area contributed by atoms with Crippen LogP contribution < -0.4 is 5.56 Å². The maximum atomic E-state index is 14.0. The summed E-state index contributed by atoms with van der Waals surface area (Å²) in [5.74, 6) is 0.700. The van der Waals surface area contributed by atoms with Gasteiger partial charge in [-0.25, -0.2) is 4.98 Å². The molecule has 1 aliphatic heterocycles. The first-order valence-corrected chi connectivity index (χ1v) is 14.3. The molecule has 1 saturated carbocycles. The van der Waals surface area contributed by atoms with Crippen molar-refractivity contribution in [1.82, 2.24) is 14.5 Å². The third-order valence-electron chi connectivity index (χ3n) is 8.17. The first-order valence-electron chi connectivity index (χ1n) is 13.5. The van der Waals surface area contributed by atoms with Crippen molar-refractivity contribution in [2.45, 2.75) is 78.0 Å². The molecule has 5 rings (SSSR count). The molecule has 1 aliphatic carbocycles. The second-order valence-electron chi connectivity index (χ2n) is 11.5. The van der Waals surface area contributed by atoms with Crippen LogP contribution in [-0.2, 0) is 19.4 Å². The van der Waals surface area contributed by atoms with Gasteiger partial charge in [0.1, 0.15) is 5.82 Å². The Labute approximate surface area is 237 Å². The molecule has 3 aromatic rings. The minimum absolute atomic E-state index is 0.0366. The Kier molecular flexibility index (Phi) is 7.37. The van der Waals surface area contributed by atoms with Gasteiger partial charge in [0.05, 0.1) is 23.5 Å². The van der Waals surface area contributed by atoms with E-state index in [2.05, 4.69) is 15.9 Å². The van der Waals surface area contributed by atoms with Crippen LogP contribution in [0.15, 0.2) is 51.7 Å². The summed E-state index contributed by atoms with van der Waals surface area (Å²) in [6.45, 7) is 7.56. The second kappa shape index (κ2) is 10.5. The zero-order valence-corrected chi connectivity index (χ0v) is 24.4. The number of hydrogen-bond donors (Lipinski definition) is 1. The molecule has 2 aliphatic rings. The van der Waals surface area contributed by atoms with Crippen LogP contribution in [0.1, 0.15) is 83.4 Å². The van der Waals surface area contributed by atoms with Gasteiger partial charge in [-0.2, -0.15) is 0 Å². The van der Waals surface area contributed by atoms with E-state index in [9.17, 15) is 19.5 Å². The molecule has 0 bridgehead atoms. The number of carbonyl (C=O) groups excluding carboxylic acids is 2. The molecule has 2 heterocycles. The van der Waals surface area contributed by atoms with Crippen molar-refractivity contribution in [3.05, 3.63) is 91.1 Å². The highest BCUT2D eigenvalue weighted by atomic mass is 79.9. The lowest BCUT2D eigenvalue weighted by Gasteiger charge is -2.35. The van der Waals surface area contributed by atoms with Crippen molar-refractivity contribution in [2.75, 3.05) is 0 Å².